The second-order valence-corrected chi connectivity index (χ2v) is 8.56. The molecule has 1 N–H and O–H groups in total. The average Bonchev–Trinajstić information content (AvgIpc) is 3.20. The third-order valence-electron chi connectivity index (χ3n) is 6.74. The summed E-state index contributed by atoms with van der Waals surface area (Å²) in [5.41, 5.74) is 10.6. The van der Waals surface area contributed by atoms with E-state index in [4.69, 9.17) is 5.53 Å². The SMILES string of the molecule is [N-]=[N+]=Nc1cncc(C(=O)N2CCC(N3CCC(n4c(=O)[nH]c5ccccc54)CC3)CC2)n1. The Balaban J connectivity index is 1.18. The highest BCUT2D eigenvalue weighted by Crippen LogP contribution is 2.28. The van der Waals surface area contributed by atoms with Crippen molar-refractivity contribution in [3.8, 4) is 0 Å². The zero-order valence-corrected chi connectivity index (χ0v) is 18.2. The number of carbonyl (C=O) groups excluding carboxylic acids is 1. The highest BCUT2D eigenvalue weighted by molar-refractivity contribution is 5.92. The summed E-state index contributed by atoms with van der Waals surface area (Å²) in [6, 6.07) is 8.47. The Morgan fingerprint density at radius 3 is 2.55 bits per heavy atom. The highest BCUT2D eigenvalue weighted by atomic mass is 16.2. The molecule has 0 saturated carbocycles. The number of azide groups is 1. The first-order chi connectivity index (χ1) is 16.1. The molecule has 33 heavy (non-hydrogen) atoms. The van der Waals surface area contributed by atoms with Crippen LogP contribution in [-0.2, 0) is 0 Å². The summed E-state index contributed by atoms with van der Waals surface area (Å²) in [7, 11) is 0. The quantitative estimate of drug-likeness (QED) is 0.372. The number of likely N-dealkylation sites (tertiary alicyclic amines) is 2. The summed E-state index contributed by atoms with van der Waals surface area (Å²) in [6.45, 7) is 3.18. The maximum Gasteiger partial charge on any atom is 0.326 e. The molecule has 0 unspecified atom stereocenters. The largest absolute Gasteiger partial charge is 0.337 e. The molecule has 2 fully saturated rings. The van der Waals surface area contributed by atoms with E-state index in [1.54, 1.807) is 4.90 Å². The van der Waals surface area contributed by atoms with Crippen LogP contribution in [0.4, 0.5) is 5.82 Å². The summed E-state index contributed by atoms with van der Waals surface area (Å²) >= 11 is 0. The minimum Gasteiger partial charge on any atom is -0.337 e. The van der Waals surface area contributed by atoms with Crippen LogP contribution in [0.25, 0.3) is 21.5 Å². The van der Waals surface area contributed by atoms with E-state index in [2.05, 4.69) is 29.9 Å². The summed E-state index contributed by atoms with van der Waals surface area (Å²) in [6.07, 6.45) is 6.39. The van der Waals surface area contributed by atoms with E-state index in [0.717, 1.165) is 49.8 Å². The van der Waals surface area contributed by atoms with Crippen molar-refractivity contribution in [1.29, 1.82) is 0 Å². The van der Waals surface area contributed by atoms with Crippen molar-refractivity contribution in [2.45, 2.75) is 37.8 Å². The van der Waals surface area contributed by atoms with Gasteiger partial charge in [0.25, 0.3) is 5.91 Å². The molecule has 1 amide bonds. The van der Waals surface area contributed by atoms with Gasteiger partial charge < -0.3 is 14.8 Å². The van der Waals surface area contributed by atoms with Crippen LogP contribution < -0.4 is 5.69 Å². The molecule has 5 rings (SSSR count). The lowest BCUT2D eigenvalue weighted by Gasteiger charge is -2.41. The molecule has 3 aromatic rings. The maximum atomic E-state index is 12.8. The first-order valence-corrected chi connectivity index (χ1v) is 11.2. The number of amides is 1. The van der Waals surface area contributed by atoms with Crippen molar-refractivity contribution >= 4 is 22.8 Å². The first kappa shape index (κ1) is 21.2. The molecular formula is C22H25N9O2. The van der Waals surface area contributed by atoms with Gasteiger partial charge in [-0.25, -0.2) is 9.78 Å². The zero-order valence-electron chi connectivity index (χ0n) is 18.2. The predicted octanol–water partition coefficient (Wildman–Crippen LogP) is 3.00. The minimum atomic E-state index is -0.187. The monoisotopic (exact) mass is 447 g/mol. The Kier molecular flexibility index (Phi) is 5.80. The smallest absolute Gasteiger partial charge is 0.326 e. The number of carbonyl (C=O) groups is 1. The van der Waals surface area contributed by atoms with Crippen LogP contribution in [0.15, 0.2) is 46.6 Å². The number of imidazole rings is 1. The van der Waals surface area contributed by atoms with Crippen molar-refractivity contribution in [3.63, 3.8) is 0 Å². The fourth-order valence-corrected chi connectivity index (χ4v) is 5.09. The lowest BCUT2D eigenvalue weighted by Crippen LogP contribution is -2.49. The Hall–Kier alpha value is -3.69. The number of nitrogens with one attached hydrogen (secondary N) is 1. The molecular weight excluding hydrogens is 422 g/mol. The standard InChI is InChI=1S/C22H25N9O2/c23-28-27-20-14-24-13-18(25-20)21(32)30-11-5-15(6-12-30)29-9-7-16(8-10-29)31-19-4-2-1-3-17(19)26-22(31)33/h1-4,13-16H,5-12H2,(H,26,33). The molecule has 2 aliphatic rings. The Morgan fingerprint density at radius 2 is 1.79 bits per heavy atom. The number of piperidine rings is 2. The van der Waals surface area contributed by atoms with E-state index in [9.17, 15) is 9.59 Å². The maximum absolute atomic E-state index is 12.8. The fourth-order valence-electron chi connectivity index (χ4n) is 5.09. The number of fused-ring (bicyclic) bond motifs is 1. The topological polar surface area (TPSA) is 136 Å². The second kappa shape index (κ2) is 9.05. The molecule has 4 heterocycles. The Labute approximate surface area is 189 Å². The number of nitrogens with zero attached hydrogens (tertiary/aromatic N) is 8. The lowest BCUT2D eigenvalue weighted by atomic mass is 9.97. The van der Waals surface area contributed by atoms with Crippen molar-refractivity contribution in [2.75, 3.05) is 26.2 Å². The number of H-pyrrole nitrogens is 1. The second-order valence-electron chi connectivity index (χ2n) is 8.56. The normalized spacial score (nSPS) is 18.4. The van der Waals surface area contributed by atoms with E-state index in [-0.39, 0.29) is 29.2 Å². The van der Waals surface area contributed by atoms with Gasteiger partial charge in [-0.2, -0.15) is 0 Å². The van der Waals surface area contributed by atoms with Gasteiger partial charge in [0, 0.05) is 43.2 Å². The number of hydrogen-bond donors (Lipinski definition) is 1. The predicted molar refractivity (Wildman–Crippen MR) is 122 cm³/mol. The number of para-hydroxylation sites is 2. The van der Waals surface area contributed by atoms with Crippen molar-refractivity contribution in [2.24, 2.45) is 5.11 Å². The van der Waals surface area contributed by atoms with Crippen LogP contribution in [0.5, 0.6) is 0 Å². The Bertz CT molecular complexity index is 1260. The molecule has 0 spiro atoms. The highest BCUT2D eigenvalue weighted by Gasteiger charge is 2.31. The Morgan fingerprint density at radius 1 is 1.06 bits per heavy atom. The van der Waals surface area contributed by atoms with Gasteiger partial charge in [-0.1, -0.05) is 12.1 Å². The van der Waals surface area contributed by atoms with Gasteiger partial charge in [-0.15, -0.1) is 0 Å². The van der Waals surface area contributed by atoms with E-state index < -0.39 is 0 Å². The molecule has 0 aliphatic carbocycles. The number of hydrogen-bond acceptors (Lipinski definition) is 6. The molecule has 1 aromatic carbocycles. The first-order valence-electron chi connectivity index (χ1n) is 11.2. The molecule has 2 aromatic heterocycles. The van der Waals surface area contributed by atoms with Crippen molar-refractivity contribution in [3.05, 3.63) is 63.3 Å². The third kappa shape index (κ3) is 4.20. The van der Waals surface area contributed by atoms with Crippen LogP contribution in [0.2, 0.25) is 0 Å². The minimum absolute atomic E-state index is 0.0332. The van der Waals surface area contributed by atoms with Crippen LogP contribution in [0.3, 0.4) is 0 Å². The van der Waals surface area contributed by atoms with Crippen molar-refractivity contribution < 1.29 is 4.79 Å². The summed E-state index contributed by atoms with van der Waals surface area (Å²) in [5.74, 6) is -0.0937. The fraction of sp³-hybridized carbons (Fsp3) is 0.455. The van der Waals surface area contributed by atoms with Gasteiger partial charge in [-0.05, 0) is 48.5 Å². The zero-order chi connectivity index (χ0) is 22.8. The number of benzene rings is 1. The van der Waals surface area contributed by atoms with E-state index >= 15 is 0 Å². The molecule has 0 atom stereocenters. The molecule has 2 saturated heterocycles. The lowest BCUT2D eigenvalue weighted by molar-refractivity contribution is 0.0553. The van der Waals surface area contributed by atoms with E-state index in [1.807, 2.05) is 28.8 Å². The van der Waals surface area contributed by atoms with Crippen molar-refractivity contribution in [1.82, 2.24) is 29.3 Å². The van der Waals surface area contributed by atoms with Crippen LogP contribution in [0.1, 0.15) is 42.2 Å². The van der Waals surface area contributed by atoms with Crippen LogP contribution >= 0.6 is 0 Å². The molecule has 11 nitrogen and oxygen atoms in total. The molecule has 170 valence electrons. The van der Waals surface area contributed by atoms with Gasteiger partial charge in [0.1, 0.15) is 11.5 Å². The van der Waals surface area contributed by atoms with Gasteiger partial charge in [-0.3, -0.25) is 14.3 Å². The molecule has 2 aliphatic heterocycles. The number of aromatic amines is 1. The van der Waals surface area contributed by atoms with Crippen LogP contribution in [0, 0.1) is 0 Å². The van der Waals surface area contributed by atoms with E-state index in [0.29, 0.717) is 19.1 Å². The van der Waals surface area contributed by atoms with Gasteiger partial charge >= 0.3 is 5.69 Å². The van der Waals surface area contributed by atoms with Gasteiger partial charge in [0.05, 0.1) is 23.4 Å². The number of rotatable bonds is 4. The molecule has 11 heteroatoms. The van der Waals surface area contributed by atoms with Gasteiger partial charge in [0.15, 0.2) is 0 Å². The molecule has 0 radical (unpaired) electrons. The molecule has 0 bridgehead atoms. The van der Waals surface area contributed by atoms with E-state index in [1.165, 1.54) is 12.4 Å². The summed E-state index contributed by atoms with van der Waals surface area (Å²) in [5, 5.41) is 3.42. The third-order valence-corrected chi connectivity index (χ3v) is 6.74. The van der Waals surface area contributed by atoms with Crippen LogP contribution in [-0.4, -0.2) is 67.4 Å². The van der Waals surface area contributed by atoms with Gasteiger partial charge in [0.2, 0.25) is 0 Å². The average molecular weight is 448 g/mol. The number of aromatic nitrogens is 4. The summed E-state index contributed by atoms with van der Waals surface area (Å²) < 4.78 is 1.92. The summed E-state index contributed by atoms with van der Waals surface area (Å²) in [4.78, 5) is 43.3.